The van der Waals surface area contributed by atoms with Crippen LogP contribution in [0, 0.1) is 0 Å². The first-order valence-electron chi connectivity index (χ1n) is 11.4. The Balaban J connectivity index is 0.000000202. The number of hydrogen-bond donors (Lipinski definition) is 3. The minimum absolute atomic E-state index is 0.0576. The van der Waals surface area contributed by atoms with Gasteiger partial charge >= 0.3 is 12.1 Å². The van der Waals surface area contributed by atoms with Gasteiger partial charge in [0.2, 0.25) is 5.91 Å². The van der Waals surface area contributed by atoms with Gasteiger partial charge in [-0.2, -0.15) is 13.2 Å². The molecule has 3 aromatic rings. The van der Waals surface area contributed by atoms with Gasteiger partial charge in [0.15, 0.2) is 0 Å². The molecule has 36 heavy (non-hydrogen) atoms. The summed E-state index contributed by atoms with van der Waals surface area (Å²) in [5, 5.41) is 15.2. The van der Waals surface area contributed by atoms with Crippen LogP contribution in [0.4, 0.5) is 18.9 Å². The summed E-state index contributed by atoms with van der Waals surface area (Å²) in [6.07, 6.45) is -3.38. The Morgan fingerprint density at radius 3 is 2.42 bits per heavy atom. The number of hydrogen-bond acceptors (Lipinski definition) is 4. The van der Waals surface area contributed by atoms with E-state index in [-0.39, 0.29) is 18.1 Å². The topological polar surface area (TPSA) is 87.7 Å². The highest BCUT2D eigenvalue weighted by atomic mass is 19.4. The van der Waals surface area contributed by atoms with E-state index >= 15 is 0 Å². The molecule has 0 bridgehead atoms. The van der Waals surface area contributed by atoms with Gasteiger partial charge in [-0.1, -0.05) is 36.4 Å². The summed E-state index contributed by atoms with van der Waals surface area (Å²) in [7, 11) is 0. The Morgan fingerprint density at radius 2 is 1.75 bits per heavy atom. The summed E-state index contributed by atoms with van der Waals surface area (Å²) in [5.41, 5.74) is 3.62. The molecule has 0 unspecified atom stereocenters. The summed E-state index contributed by atoms with van der Waals surface area (Å²) >= 11 is 0. The molecule has 0 spiro atoms. The van der Waals surface area contributed by atoms with E-state index in [1.54, 1.807) is 18.2 Å². The third-order valence-electron chi connectivity index (χ3n) is 5.49. The number of aromatic carboxylic acids is 1. The zero-order chi connectivity index (χ0) is 26.1. The summed E-state index contributed by atoms with van der Waals surface area (Å²) in [6.45, 7) is 4.48. The zero-order valence-electron chi connectivity index (χ0n) is 19.7. The molecule has 6 nitrogen and oxygen atoms in total. The molecule has 1 amide bonds. The van der Waals surface area contributed by atoms with Gasteiger partial charge in [-0.25, -0.2) is 4.79 Å². The second-order valence-corrected chi connectivity index (χ2v) is 8.02. The number of alkyl halides is 3. The van der Waals surface area contributed by atoms with E-state index in [1.807, 2.05) is 13.0 Å². The van der Waals surface area contributed by atoms with Crippen LogP contribution in [0.1, 0.15) is 34.0 Å². The Kier molecular flexibility index (Phi) is 9.21. The zero-order valence-corrected chi connectivity index (χ0v) is 19.7. The molecule has 1 heterocycles. The van der Waals surface area contributed by atoms with Crippen molar-refractivity contribution in [3.8, 4) is 11.1 Å². The molecule has 0 aromatic heterocycles. The fraction of sp³-hybridized carbons (Fsp3) is 0.259. The SMILES string of the molecule is CCOCC(=O)Nc1ccc2c(c1)CCNC2.O=C(O)c1ccccc1-c1ccc(C(F)(F)F)cc1. The van der Waals surface area contributed by atoms with Crippen molar-refractivity contribution in [1.29, 1.82) is 0 Å². The van der Waals surface area contributed by atoms with E-state index in [0.29, 0.717) is 17.7 Å². The molecule has 1 aliphatic heterocycles. The average Bonchev–Trinajstić information content (AvgIpc) is 2.87. The fourth-order valence-corrected chi connectivity index (χ4v) is 3.71. The lowest BCUT2D eigenvalue weighted by Crippen LogP contribution is -2.24. The molecule has 4 rings (SSSR count). The minimum Gasteiger partial charge on any atom is -0.478 e. The van der Waals surface area contributed by atoms with Crippen molar-refractivity contribution in [3.63, 3.8) is 0 Å². The van der Waals surface area contributed by atoms with Gasteiger partial charge in [0.25, 0.3) is 0 Å². The normalized spacial score (nSPS) is 12.7. The van der Waals surface area contributed by atoms with Crippen LogP contribution in [0.2, 0.25) is 0 Å². The number of carboxylic acid groups (broad SMARTS) is 1. The molecule has 0 saturated heterocycles. The van der Waals surface area contributed by atoms with Crippen molar-refractivity contribution in [2.75, 3.05) is 25.1 Å². The number of carbonyl (C=O) groups excluding carboxylic acids is 1. The number of amides is 1. The first-order chi connectivity index (χ1) is 17.2. The van der Waals surface area contributed by atoms with Gasteiger partial charge in [-0.15, -0.1) is 0 Å². The predicted octanol–water partition coefficient (Wildman–Crippen LogP) is 5.38. The number of carboxylic acids is 1. The van der Waals surface area contributed by atoms with Gasteiger partial charge in [-0.3, -0.25) is 4.79 Å². The summed E-state index contributed by atoms with van der Waals surface area (Å²) in [6, 6.07) is 16.7. The summed E-state index contributed by atoms with van der Waals surface area (Å²) in [5.74, 6) is -1.21. The highest BCUT2D eigenvalue weighted by Gasteiger charge is 2.30. The largest absolute Gasteiger partial charge is 0.478 e. The number of fused-ring (bicyclic) bond motifs is 1. The van der Waals surface area contributed by atoms with Crippen LogP contribution < -0.4 is 10.6 Å². The van der Waals surface area contributed by atoms with Crippen molar-refractivity contribution in [2.24, 2.45) is 0 Å². The highest BCUT2D eigenvalue weighted by molar-refractivity contribution is 5.96. The molecule has 0 atom stereocenters. The number of nitrogens with one attached hydrogen (secondary N) is 2. The number of halogens is 3. The molecule has 1 aliphatic rings. The Bertz CT molecular complexity index is 1190. The van der Waals surface area contributed by atoms with Crippen LogP contribution in [0.15, 0.2) is 66.7 Å². The first kappa shape index (κ1) is 26.9. The molecule has 9 heteroatoms. The van der Waals surface area contributed by atoms with Crippen molar-refractivity contribution < 1.29 is 32.6 Å². The van der Waals surface area contributed by atoms with E-state index in [2.05, 4.69) is 22.8 Å². The fourth-order valence-electron chi connectivity index (χ4n) is 3.71. The van der Waals surface area contributed by atoms with Crippen LogP contribution >= 0.6 is 0 Å². The van der Waals surface area contributed by atoms with Crippen molar-refractivity contribution >= 4 is 17.6 Å². The lowest BCUT2D eigenvalue weighted by Gasteiger charge is -2.18. The van der Waals surface area contributed by atoms with Crippen LogP contribution in [0.3, 0.4) is 0 Å². The number of carbonyl (C=O) groups is 2. The molecular weight excluding hydrogens is 473 g/mol. The van der Waals surface area contributed by atoms with Gasteiger partial charge in [0.1, 0.15) is 6.61 Å². The third kappa shape index (κ3) is 7.40. The van der Waals surface area contributed by atoms with E-state index < -0.39 is 17.7 Å². The molecule has 3 aromatic carbocycles. The summed E-state index contributed by atoms with van der Waals surface area (Å²) in [4.78, 5) is 22.5. The highest BCUT2D eigenvalue weighted by Crippen LogP contribution is 2.31. The Labute approximate surface area is 207 Å². The maximum atomic E-state index is 12.4. The van der Waals surface area contributed by atoms with Crippen LogP contribution in [0.25, 0.3) is 11.1 Å². The van der Waals surface area contributed by atoms with Gasteiger partial charge < -0.3 is 20.5 Å². The molecular formula is C27H27F3N2O4. The standard InChI is InChI=1S/C14H9F3O2.C13H18N2O2/c15-14(16,17)10-7-5-9(6-8-10)11-3-1-2-4-12(11)13(18)19;1-2-17-9-13(16)15-12-4-3-11-8-14-6-5-10(11)7-12/h1-8H,(H,18,19);3-4,7,14H,2,5-6,8-9H2,1H3,(H,15,16). The van der Waals surface area contributed by atoms with Crippen molar-refractivity contribution in [2.45, 2.75) is 26.1 Å². The second kappa shape index (κ2) is 12.3. The first-order valence-corrected chi connectivity index (χ1v) is 11.4. The van der Waals surface area contributed by atoms with Crippen molar-refractivity contribution in [1.82, 2.24) is 5.32 Å². The molecule has 0 aliphatic carbocycles. The molecule has 190 valence electrons. The summed E-state index contributed by atoms with van der Waals surface area (Å²) < 4.78 is 42.4. The van der Waals surface area contributed by atoms with Crippen LogP contribution in [0.5, 0.6) is 0 Å². The van der Waals surface area contributed by atoms with Gasteiger partial charge in [0.05, 0.1) is 11.1 Å². The van der Waals surface area contributed by atoms with E-state index in [9.17, 15) is 22.8 Å². The monoisotopic (exact) mass is 500 g/mol. The van der Waals surface area contributed by atoms with Crippen molar-refractivity contribution in [3.05, 3.63) is 89.0 Å². The smallest absolute Gasteiger partial charge is 0.416 e. The second-order valence-electron chi connectivity index (χ2n) is 8.02. The van der Waals surface area contributed by atoms with Gasteiger partial charge in [-0.05, 0) is 72.5 Å². The van der Waals surface area contributed by atoms with Crippen LogP contribution in [-0.2, 0) is 28.7 Å². The molecule has 0 saturated carbocycles. The Hall–Kier alpha value is -3.69. The molecule has 3 N–H and O–H groups in total. The average molecular weight is 501 g/mol. The maximum absolute atomic E-state index is 12.4. The molecule has 0 radical (unpaired) electrons. The lowest BCUT2D eigenvalue weighted by atomic mass is 9.99. The van der Waals surface area contributed by atoms with Crippen LogP contribution in [-0.4, -0.2) is 36.7 Å². The number of anilines is 1. The number of ether oxygens (including phenoxy) is 1. The quantitative estimate of drug-likeness (QED) is 0.423. The van der Waals surface area contributed by atoms with E-state index in [4.69, 9.17) is 9.84 Å². The predicted molar refractivity (Wildman–Crippen MR) is 131 cm³/mol. The van der Waals surface area contributed by atoms with Gasteiger partial charge in [0, 0.05) is 18.8 Å². The Morgan fingerprint density at radius 1 is 1.03 bits per heavy atom. The maximum Gasteiger partial charge on any atom is 0.416 e. The molecule has 0 fully saturated rings. The van der Waals surface area contributed by atoms with E-state index in [0.717, 1.165) is 37.3 Å². The number of benzene rings is 3. The third-order valence-corrected chi connectivity index (χ3v) is 5.49. The van der Waals surface area contributed by atoms with E-state index in [1.165, 1.54) is 29.3 Å². The number of rotatable bonds is 6. The lowest BCUT2D eigenvalue weighted by molar-refractivity contribution is -0.137. The minimum atomic E-state index is -4.40.